The van der Waals surface area contributed by atoms with Gasteiger partial charge in [-0.15, -0.1) is 0 Å². The average molecular weight is 274 g/mol. The van der Waals surface area contributed by atoms with Crippen molar-refractivity contribution in [2.24, 2.45) is 4.99 Å². The Morgan fingerprint density at radius 1 is 1.50 bits per heavy atom. The van der Waals surface area contributed by atoms with Gasteiger partial charge in [0.05, 0.1) is 5.75 Å². The molecule has 5 heteroatoms. The maximum absolute atomic E-state index is 13.4. The Balaban J connectivity index is 2.42. The Hall–Kier alpha value is -0.680. The largest absolute Gasteiger partial charge is 0.272 e. The van der Waals surface area contributed by atoms with Gasteiger partial charge >= 0.3 is 0 Å². The van der Waals surface area contributed by atoms with Crippen molar-refractivity contribution in [1.29, 1.82) is 0 Å². The molecular formula is C9H5BrFNOS. The first-order valence-corrected chi connectivity index (χ1v) is 5.64. The summed E-state index contributed by atoms with van der Waals surface area (Å²) in [6, 6.07) is 4.70. The van der Waals surface area contributed by atoms with Crippen LogP contribution in [0.15, 0.2) is 27.7 Å². The minimum Gasteiger partial charge on any atom is -0.272 e. The van der Waals surface area contributed by atoms with Gasteiger partial charge in [-0.25, -0.2) is 9.38 Å². The van der Waals surface area contributed by atoms with Gasteiger partial charge in [0.25, 0.3) is 5.91 Å². The van der Waals surface area contributed by atoms with Crippen LogP contribution in [0.25, 0.3) is 0 Å². The van der Waals surface area contributed by atoms with Crippen LogP contribution in [-0.2, 0) is 4.79 Å². The zero-order valence-electron chi connectivity index (χ0n) is 6.96. The normalized spacial score (nSPS) is 15.9. The number of nitrogens with zero attached hydrogens (tertiary/aromatic N) is 1. The molecule has 0 atom stereocenters. The lowest BCUT2D eigenvalue weighted by molar-refractivity contribution is -0.115. The van der Waals surface area contributed by atoms with Gasteiger partial charge < -0.3 is 0 Å². The topological polar surface area (TPSA) is 29.4 Å². The second-order valence-electron chi connectivity index (χ2n) is 2.72. The molecule has 1 heterocycles. The van der Waals surface area contributed by atoms with Crippen molar-refractivity contribution >= 4 is 38.6 Å². The van der Waals surface area contributed by atoms with Crippen LogP contribution in [0, 0.1) is 5.82 Å². The van der Waals surface area contributed by atoms with E-state index in [1.807, 2.05) is 0 Å². The molecule has 0 aliphatic carbocycles. The number of benzene rings is 1. The fraction of sp³-hybridized carbons (Fsp3) is 0.111. The second kappa shape index (κ2) is 3.82. The summed E-state index contributed by atoms with van der Waals surface area (Å²) >= 11 is 4.43. The smallest absolute Gasteiger partial charge is 0.257 e. The van der Waals surface area contributed by atoms with E-state index in [9.17, 15) is 9.18 Å². The average Bonchev–Trinajstić information content (AvgIpc) is 2.51. The van der Waals surface area contributed by atoms with E-state index in [0.717, 1.165) is 0 Å². The summed E-state index contributed by atoms with van der Waals surface area (Å²) in [6.07, 6.45) is 0. The first kappa shape index (κ1) is 9.86. The maximum atomic E-state index is 13.4. The number of hydrogen-bond acceptors (Lipinski definition) is 2. The number of aliphatic imine (C=N–C) groups is 1. The van der Waals surface area contributed by atoms with E-state index in [2.05, 4.69) is 20.9 Å². The minimum atomic E-state index is -0.361. The van der Waals surface area contributed by atoms with Crippen LogP contribution in [-0.4, -0.2) is 16.7 Å². The predicted molar refractivity (Wildman–Crippen MR) is 58.1 cm³/mol. The highest BCUT2D eigenvalue weighted by molar-refractivity contribution is 9.10. The number of halogens is 2. The molecule has 0 saturated carbocycles. The molecule has 2 nitrogen and oxygen atoms in total. The van der Waals surface area contributed by atoms with Crippen molar-refractivity contribution in [2.75, 3.05) is 5.75 Å². The molecular weight excluding hydrogens is 269 g/mol. The highest BCUT2D eigenvalue weighted by Gasteiger charge is 2.19. The van der Waals surface area contributed by atoms with E-state index >= 15 is 0 Å². The van der Waals surface area contributed by atoms with Gasteiger partial charge in [-0.3, -0.25) is 4.79 Å². The monoisotopic (exact) mass is 273 g/mol. The quantitative estimate of drug-likeness (QED) is 0.787. The summed E-state index contributed by atoms with van der Waals surface area (Å²) in [5.74, 6) is -0.252. The summed E-state index contributed by atoms with van der Waals surface area (Å²) in [7, 11) is 0. The summed E-state index contributed by atoms with van der Waals surface area (Å²) < 4.78 is 14.1. The number of thioether (sulfide) groups is 1. The molecule has 1 aliphatic rings. The summed E-state index contributed by atoms with van der Waals surface area (Å²) in [5, 5.41) is 0.472. The zero-order chi connectivity index (χ0) is 10.1. The van der Waals surface area contributed by atoms with E-state index in [-0.39, 0.29) is 11.7 Å². The van der Waals surface area contributed by atoms with Crippen LogP contribution >= 0.6 is 27.7 Å². The third kappa shape index (κ3) is 1.88. The van der Waals surface area contributed by atoms with Crippen LogP contribution in [0.2, 0.25) is 0 Å². The van der Waals surface area contributed by atoms with Crippen molar-refractivity contribution in [3.05, 3.63) is 34.1 Å². The maximum Gasteiger partial charge on any atom is 0.257 e. The molecule has 0 unspecified atom stereocenters. The molecule has 14 heavy (non-hydrogen) atoms. The Kier molecular flexibility index (Phi) is 2.69. The molecule has 1 aromatic rings. The molecule has 2 rings (SSSR count). The SMILES string of the molecule is O=C1CSC(c2ccc(Br)cc2F)=N1. The molecule has 0 radical (unpaired) electrons. The number of carbonyl (C=O) groups is 1. The van der Waals surface area contributed by atoms with Crippen LogP contribution in [0.3, 0.4) is 0 Å². The van der Waals surface area contributed by atoms with Gasteiger partial charge in [-0.1, -0.05) is 27.7 Å². The Morgan fingerprint density at radius 2 is 2.29 bits per heavy atom. The summed E-state index contributed by atoms with van der Waals surface area (Å²) in [6.45, 7) is 0. The highest BCUT2D eigenvalue weighted by atomic mass is 79.9. The molecule has 1 aromatic carbocycles. The van der Waals surface area contributed by atoms with Crippen LogP contribution in [0.4, 0.5) is 4.39 Å². The lowest BCUT2D eigenvalue weighted by Crippen LogP contribution is -1.96. The van der Waals surface area contributed by atoms with E-state index in [4.69, 9.17) is 0 Å². The Morgan fingerprint density at radius 3 is 2.86 bits per heavy atom. The first-order chi connectivity index (χ1) is 6.66. The summed E-state index contributed by atoms with van der Waals surface area (Å²) in [4.78, 5) is 14.6. The van der Waals surface area contributed by atoms with Crippen molar-refractivity contribution in [3.63, 3.8) is 0 Å². The second-order valence-corrected chi connectivity index (χ2v) is 4.60. The third-order valence-electron chi connectivity index (χ3n) is 1.72. The molecule has 0 bridgehead atoms. The number of rotatable bonds is 1. The lowest BCUT2D eigenvalue weighted by atomic mass is 10.2. The van der Waals surface area contributed by atoms with E-state index < -0.39 is 0 Å². The molecule has 1 amide bonds. The van der Waals surface area contributed by atoms with E-state index in [1.165, 1.54) is 17.8 Å². The van der Waals surface area contributed by atoms with Gasteiger partial charge in [-0.05, 0) is 18.2 Å². The van der Waals surface area contributed by atoms with Crippen molar-refractivity contribution in [1.82, 2.24) is 0 Å². The highest BCUT2D eigenvalue weighted by Crippen LogP contribution is 2.24. The molecule has 0 aromatic heterocycles. The third-order valence-corrected chi connectivity index (χ3v) is 3.19. The van der Waals surface area contributed by atoms with Gasteiger partial charge in [0.1, 0.15) is 10.9 Å². The lowest BCUT2D eigenvalue weighted by Gasteiger charge is -2.00. The number of amides is 1. The fourth-order valence-corrected chi connectivity index (χ4v) is 2.25. The van der Waals surface area contributed by atoms with E-state index in [1.54, 1.807) is 12.1 Å². The fourth-order valence-electron chi connectivity index (χ4n) is 1.11. The Labute approximate surface area is 92.7 Å². The summed E-state index contributed by atoms with van der Waals surface area (Å²) in [5.41, 5.74) is 0.393. The van der Waals surface area contributed by atoms with Crippen molar-refractivity contribution in [2.45, 2.75) is 0 Å². The zero-order valence-corrected chi connectivity index (χ0v) is 9.36. The molecule has 0 spiro atoms. The first-order valence-electron chi connectivity index (χ1n) is 3.86. The number of carbonyl (C=O) groups excluding carboxylic acids is 1. The molecule has 0 N–H and O–H groups in total. The van der Waals surface area contributed by atoms with E-state index in [0.29, 0.717) is 20.8 Å². The standard InChI is InChI=1S/C9H5BrFNOS/c10-5-1-2-6(7(11)3-5)9-12-8(13)4-14-9/h1-3H,4H2. The van der Waals surface area contributed by atoms with Gasteiger partial charge in [0, 0.05) is 10.0 Å². The molecule has 72 valence electrons. The van der Waals surface area contributed by atoms with Crippen LogP contribution < -0.4 is 0 Å². The molecule has 0 fully saturated rings. The van der Waals surface area contributed by atoms with Crippen molar-refractivity contribution < 1.29 is 9.18 Å². The molecule has 1 aliphatic heterocycles. The minimum absolute atomic E-state index is 0.202. The Bertz CT molecular complexity index is 433. The molecule has 0 saturated heterocycles. The van der Waals surface area contributed by atoms with Crippen molar-refractivity contribution in [3.8, 4) is 0 Å². The van der Waals surface area contributed by atoms with Crippen LogP contribution in [0.5, 0.6) is 0 Å². The van der Waals surface area contributed by atoms with Crippen LogP contribution in [0.1, 0.15) is 5.56 Å². The number of hydrogen-bond donors (Lipinski definition) is 0. The van der Waals surface area contributed by atoms with Gasteiger partial charge in [-0.2, -0.15) is 0 Å². The van der Waals surface area contributed by atoms with Gasteiger partial charge in [0.15, 0.2) is 0 Å². The predicted octanol–water partition coefficient (Wildman–Crippen LogP) is 2.61. The van der Waals surface area contributed by atoms with Gasteiger partial charge in [0.2, 0.25) is 0 Å².